The SMILES string of the molecule is O=C1COC(=O)C(CCCCNC(=O)OCc2ccccc2)O1. The summed E-state index contributed by atoms with van der Waals surface area (Å²) in [5.41, 5.74) is 0.917. The molecule has 124 valence electrons. The number of hydrogen-bond acceptors (Lipinski definition) is 6. The average molecular weight is 321 g/mol. The van der Waals surface area contributed by atoms with Crippen LogP contribution in [0.25, 0.3) is 0 Å². The van der Waals surface area contributed by atoms with Gasteiger partial charge in [-0.2, -0.15) is 0 Å². The highest BCUT2D eigenvalue weighted by molar-refractivity contribution is 5.85. The zero-order chi connectivity index (χ0) is 16.5. The van der Waals surface area contributed by atoms with Gasteiger partial charge in [0.25, 0.3) is 0 Å². The first-order valence-corrected chi connectivity index (χ1v) is 7.46. The normalized spacial score (nSPS) is 17.1. The zero-order valence-electron chi connectivity index (χ0n) is 12.7. The van der Waals surface area contributed by atoms with Crippen molar-refractivity contribution in [3.05, 3.63) is 35.9 Å². The molecule has 1 amide bonds. The third kappa shape index (κ3) is 5.98. The number of unbranched alkanes of at least 4 members (excludes halogenated alkanes) is 1. The van der Waals surface area contributed by atoms with Crippen molar-refractivity contribution >= 4 is 18.0 Å². The number of cyclic esters (lactones) is 2. The molecule has 1 fully saturated rings. The second-order valence-electron chi connectivity index (χ2n) is 5.07. The Morgan fingerprint density at radius 1 is 1.22 bits per heavy atom. The van der Waals surface area contributed by atoms with Crippen LogP contribution in [0.2, 0.25) is 0 Å². The molecule has 1 saturated heterocycles. The van der Waals surface area contributed by atoms with Gasteiger partial charge in [-0.25, -0.2) is 14.4 Å². The van der Waals surface area contributed by atoms with Gasteiger partial charge in [0.15, 0.2) is 12.7 Å². The topological polar surface area (TPSA) is 90.9 Å². The lowest BCUT2D eigenvalue weighted by atomic mass is 10.1. The summed E-state index contributed by atoms with van der Waals surface area (Å²) < 4.78 is 14.6. The average Bonchev–Trinajstić information content (AvgIpc) is 2.56. The molecule has 1 aromatic rings. The van der Waals surface area contributed by atoms with Gasteiger partial charge in [0, 0.05) is 6.54 Å². The van der Waals surface area contributed by atoms with Gasteiger partial charge in [-0.1, -0.05) is 30.3 Å². The van der Waals surface area contributed by atoms with Crippen molar-refractivity contribution in [1.82, 2.24) is 5.32 Å². The van der Waals surface area contributed by atoms with Gasteiger partial charge in [0.05, 0.1) is 0 Å². The maximum absolute atomic E-state index is 11.5. The molecular formula is C16H19NO6. The van der Waals surface area contributed by atoms with Crippen molar-refractivity contribution < 1.29 is 28.6 Å². The molecule has 0 bridgehead atoms. The number of amides is 1. The Balaban J connectivity index is 1.54. The molecule has 0 aromatic heterocycles. The predicted molar refractivity (Wildman–Crippen MR) is 79.3 cm³/mol. The number of carbonyl (C=O) groups excluding carboxylic acids is 3. The molecule has 0 aliphatic carbocycles. The minimum Gasteiger partial charge on any atom is -0.451 e. The predicted octanol–water partition coefficient (Wildman–Crippen LogP) is 1.55. The second kappa shape index (κ2) is 8.77. The van der Waals surface area contributed by atoms with Crippen molar-refractivity contribution in [2.75, 3.05) is 13.2 Å². The van der Waals surface area contributed by atoms with Gasteiger partial charge < -0.3 is 19.5 Å². The van der Waals surface area contributed by atoms with Crippen LogP contribution >= 0.6 is 0 Å². The standard InChI is InChI=1S/C16H19NO6/c18-14-11-21-15(19)13(23-14)8-4-5-9-17-16(20)22-10-12-6-2-1-3-7-12/h1-3,6-7,13H,4-5,8-11H2,(H,17,20). The number of ether oxygens (including phenoxy) is 3. The van der Waals surface area contributed by atoms with Gasteiger partial charge in [0.1, 0.15) is 6.61 Å². The quantitative estimate of drug-likeness (QED) is 0.465. The van der Waals surface area contributed by atoms with E-state index in [0.717, 1.165) is 5.56 Å². The molecule has 1 unspecified atom stereocenters. The molecule has 0 radical (unpaired) electrons. The van der Waals surface area contributed by atoms with Crippen LogP contribution in [0.5, 0.6) is 0 Å². The lowest BCUT2D eigenvalue weighted by molar-refractivity contribution is -0.185. The number of benzene rings is 1. The second-order valence-corrected chi connectivity index (χ2v) is 5.07. The fraction of sp³-hybridized carbons (Fsp3) is 0.438. The van der Waals surface area contributed by atoms with Crippen LogP contribution in [-0.4, -0.2) is 37.3 Å². The van der Waals surface area contributed by atoms with Crippen LogP contribution < -0.4 is 5.32 Å². The van der Waals surface area contributed by atoms with E-state index in [1.165, 1.54) is 0 Å². The van der Waals surface area contributed by atoms with Crippen molar-refractivity contribution in [2.45, 2.75) is 32.0 Å². The molecule has 2 rings (SSSR count). The first-order valence-electron chi connectivity index (χ1n) is 7.46. The lowest BCUT2D eigenvalue weighted by Crippen LogP contribution is -2.37. The summed E-state index contributed by atoms with van der Waals surface area (Å²) in [6.07, 6.45) is 0.317. The summed E-state index contributed by atoms with van der Waals surface area (Å²) in [7, 11) is 0. The number of alkyl carbamates (subject to hydrolysis) is 1. The minimum absolute atomic E-state index is 0.219. The fourth-order valence-corrected chi connectivity index (χ4v) is 2.06. The van der Waals surface area contributed by atoms with E-state index in [1.54, 1.807) is 0 Å². The summed E-state index contributed by atoms with van der Waals surface area (Å²) in [5.74, 6) is -1.04. The van der Waals surface area contributed by atoms with Crippen LogP contribution in [-0.2, 0) is 30.4 Å². The molecular weight excluding hydrogens is 302 g/mol. The molecule has 0 spiro atoms. The highest BCUT2D eigenvalue weighted by Crippen LogP contribution is 2.11. The van der Waals surface area contributed by atoms with E-state index in [0.29, 0.717) is 25.8 Å². The Morgan fingerprint density at radius 3 is 2.78 bits per heavy atom. The molecule has 1 N–H and O–H groups in total. The van der Waals surface area contributed by atoms with Crippen molar-refractivity contribution in [2.24, 2.45) is 0 Å². The van der Waals surface area contributed by atoms with Gasteiger partial charge in [-0.15, -0.1) is 0 Å². The van der Waals surface area contributed by atoms with Gasteiger partial charge in [-0.05, 0) is 24.8 Å². The van der Waals surface area contributed by atoms with Crippen LogP contribution in [0.1, 0.15) is 24.8 Å². The van der Waals surface area contributed by atoms with Crippen LogP contribution in [0, 0.1) is 0 Å². The number of rotatable bonds is 7. The Hall–Kier alpha value is -2.57. The third-order valence-corrected chi connectivity index (χ3v) is 3.24. The number of nitrogens with one attached hydrogen (secondary N) is 1. The minimum atomic E-state index is -0.832. The molecule has 1 heterocycles. The Labute approximate surface area is 133 Å². The van der Waals surface area contributed by atoms with Crippen molar-refractivity contribution in [3.63, 3.8) is 0 Å². The first kappa shape index (κ1) is 16.8. The van der Waals surface area contributed by atoms with Crippen molar-refractivity contribution in [1.29, 1.82) is 0 Å². The Morgan fingerprint density at radius 2 is 2.00 bits per heavy atom. The van der Waals surface area contributed by atoms with E-state index in [4.69, 9.17) is 9.47 Å². The van der Waals surface area contributed by atoms with E-state index in [-0.39, 0.29) is 13.2 Å². The van der Waals surface area contributed by atoms with E-state index in [9.17, 15) is 14.4 Å². The highest BCUT2D eigenvalue weighted by Gasteiger charge is 2.29. The molecule has 7 heteroatoms. The van der Waals surface area contributed by atoms with Crippen LogP contribution in [0.15, 0.2) is 30.3 Å². The van der Waals surface area contributed by atoms with E-state index in [1.807, 2.05) is 30.3 Å². The first-order chi connectivity index (χ1) is 11.1. The number of esters is 2. The van der Waals surface area contributed by atoms with Gasteiger partial charge in [0.2, 0.25) is 0 Å². The summed E-state index contributed by atoms with van der Waals surface area (Å²) in [5, 5.41) is 2.63. The maximum Gasteiger partial charge on any atom is 0.407 e. The fourth-order valence-electron chi connectivity index (χ4n) is 2.06. The van der Waals surface area contributed by atoms with E-state index < -0.39 is 24.1 Å². The van der Waals surface area contributed by atoms with E-state index >= 15 is 0 Å². The van der Waals surface area contributed by atoms with Crippen molar-refractivity contribution in [3.8, 4) is 0 Å². The molecule has 0 saturated carbocycles. The lowest BCUT2D eigenvalue weighted by Gasteiger charge is -2.20. The molecule has 1 aromatic carbocycles. The molecule has 23 heavy (non-hydrogen) atoms. The van der Waals surface area contributed by atoms with Gasteiger partial charge >= 0.3 is 18.0 Å². The van der Waals surface area contributed by atoms with E-state index in [2.05, 4.69) is 10.1 Å². The Kier molecular flexibility index (Phi) is 6.40. The summed E-state index contributed by atoms with van der Waals surface area (Å²) >= 11 is 0. The largest absolute Gasteiger partial charge is 0.451 e. The third-order valence-electron chi connectivity index (χ3n) is 3.24. The molecule has 1 aliphatic rings. The van der Waals surface area contributed by atoms with Crippen LogP contribution in [0.4, 0.5) is 4.79 Å². The Bertz CT molecular complexity index is 545. The van der Waals surface area contributed by atoms with Crippen LogP contribution in [0.3, 0.4) is 0 Å². The monoisotopic (exact) mass is 321 g/mol. The number of carbonyl (C=O) groups is 3. The summed E-state index contributed by atoms with van der Waals surface area (Å²) in [4.78, 5) is 33.9. The molecule has 7 nitrogen and oxygen atoms in total. The highest BCUT2D eigenvalue weighted by atomic mass is 16.6. The van der Waals surface area contributed by atoms with Gasteiger partial charge in [-0.3, -0.25) is 0 Å². The summed E-state index contributed by atoms with van der Waals surface area (Å²) in [6, 6.07) is 9.39. The maximum atomic E-state index is 11.5. The molecule has 1 aliphatic heterocycles. The zero-order valence-corrected chi connectivity index (χ0v) is 12.7. The number of hydrogen-bond donors (Lipinski definition) is 1. The summed E-state index contributed by atoms with van der Waals surface area (Å²) in [6.45, 7) is 0.323. The molecule has 1 atom stereocenters. The smallest absolute Gasteiger partial charge is 0.407 e.